The van der Waals surface area contributed by atoms with Crippen LogP contribution in [-0.4, -0.2) is 17.0 Å². The zero-order chi connectivity index (χ0) is 13.5. The Bertz CT molecular complexity index is 467. The molecule has 0 aromatic carbocycles. The summed E-state index contributed by atoms with van der Waals surface area (Å²) in [5.41, 5.74) is -0.439. The summed E-state index contributed by atoms with van der Waals surface area (Å²) in [6, 6.07) is 3.83. The number of carbonyl (C=O) groups excluding carboxylic acids is 1. The molecule has 4 nitrogen and oxygen atoms in total. The second kappa shape index (κ2) is 4.39. The van der Waals surface area contributed by atoms with Crippen molar-refractivity contribution < 1.29 is 14.7 Å². The quantitative estimate of drug-likeness (QED) is 0.879. The van der Waals surface area contributed by atoms with Gasteiger partial charge in [-0.1, -0.05) is 19.9 Å². The first kappa shape index (κ1) is 13.1. The molecule has 2 N–H and O–H groups in total. The molecule has 1 saturated carbocycles. The summed E-state index contributed by atoms with van der Waals surface area (Å²) in [5, 5.41) is 13.9. The van der Waals surface area contributed by atoms with Crippen LogP contribution in [0.15, 0.2) is 17.5 Å². The predicted molar refractivity (Wildman–Crippen MR) is 69.3 cm³/mol. The average molecular weight is 267 g/mol. The van der Waals surface area contributed by atoms with Gasteiger partial charge in [-0.15, -0.1) is 11.3 Å². The molecule has 1 aromatic rings. The van der Waals surface area contributed by atoms with Gasteiger partial charge in [-0.05, 0) is 23.8 Å². The number of thiophene rings is 1. The molecule has 0 saturated heterocycles. The standard InChI is InChI=1S/C13H17NO3S/c1-7(8-5-4-6-18-8)14-11(15)9-10(12(16)17)13(9,2)3/h4-7,9-10H,1-3H3,(H,14,15)(H,16,17)/t7-,9?,10?/m1/s1. The zero-order valence-corrected chi connectivity index (χ0v) is 11.5. The van der Waals surface area contributed by atoms with Crippen LogP contribution in [0.5, 0.6) is 0 Å². The highest BCUT2D eigenvalue weighted by atomic mass is 32.1. The largest absolute Gasteiger partial charge is 0.481 e. The highest BCUT2D eigenvalue weighted by molar-refractivity contribution is 7.10. The van der Waals surface area contributed by atoms with Crippen LogP contribution < -0.4 is 5.32 Å². The number of hydrogen-bond acceptors (Lipinski definition) is 3. The van der Waals surface area contributed by atoms with Crippen molar-refractivity contribution in [1.29, 1.82) is 0 Å². The molecule has 1 aromatic heterocycles. The fourth-order valence-electron chi connectivity index (χ4n) is 2.50. The molecule has 1 fully saturated rings. The van der Waals surface area contributed by atoms with Crippen molar-refractivity contribution in [3.8, 4) is 0 Å². The van der Waals surface area contributed by atoms with Gasteiger partial charge in [0.05, 0.1) is 17.9 Å². The number of rotatable bonds is 4. The van der Waals surface area contributed by atoms with Crippen molar-refractivity contribution >= 4 is 23.2 Å². The zero-order valence-electron chi connectivity index (χ0n) is 10.6. The summed E-state index contributed by atoms with van der Waals surface area (Å²) in [6.07, 6.45) is 0. The Morgan fingerprint density at radius 3 is 2.56 bits per heavy atom. The smallest absolute Gasteiger partial charge is 0.307 e. The molecule has 0 spiro atoms. The lowest BCUT2D eigenvalue weighted by Gasteiger charge is -2.12. The molecule has 18 heavy (non-hydrogen) atoms. The Hall–Kier alpha value is -1.36. The third kappa shape index (κ3) is 2.14. The molecular weight excluding hydrogens is 250 g/mol. The van der Waals surface area contributed by atoms with Crippen molar-refractivity contribution in [2.45, 2.75) is 26.8 Å². The molecule has 2 rings (SSSR count). The lowest BCUT2D eigenvalue weighted by Crippen LogP contribution is -2.29. The summed E-state index contributed by atoms with van der Waals surface area (Å²) in [5.74, 6) is -2.03. The molecule has 0 radical (unpaired) electrons. The first-order valence-corrected chi connectivity index (χ1v) is 6.80. The molecule has 1 heterocycles. The maximum absolute atomic E-state index is 12.1. The van der Waals surface area contributed by atoms with Gasteiger partial charge in [0.1, 0.15) is 0 Å². The predicted octanol–water partition coefficient (Wildman–Crippen LogP) is 2.28. The molecule has 5 heteroatoms. The van der Waals surface area contributed by atoms with Crippen LogP contribution >= 0.6 is 11.3 Å². The van der Waals surface area contributed by atoms with Gasteiger partial charge in [-0.25, -0.2) is 0 Å². The van der Waals surface area contributed by atoms with E-state index in [1.165, 1.54) is 0 Å². The molecule has 0 bridgehead atoms. The topological polar surface area (TPSA) is 66.4 Å². The number of carboxylic acids is 1. The van der Waals surface area contributed by atoms with Crippen molar-refractivity contribution in [2.24, 2.45) is 17.3 Å². The summed E-state index contributed by atoms with van der Waals surface area (Å²) in [4.78, 5) is 24.2. The van der Waals surface area contributed by atoms with E-state index >= 15 is 0 Å². The monoisotopic (exact) mass is 267 g/mol. The molecular formula is C13H17NO3S. The molecule has 2 unspecified atom stereocenters. The third-order valence-corrected chi connectivity index (χ3v) is 4.76. The number of hydrogen-bond donors (Lipinski definition) is 2. The highest BCUT2D eigenvalue weighted by Gasteiger charge is 2.65. The number of carbonyl (C=O) groups is 2. The van der Waals surface area contributed by atoms with Crippen LogP contribution in [0.25, 0.3) is 0 Å². The Balaban J connectivity index is 2.00. The summed E-state index contributed by atoms with van der Waals surface area (Å²) in [6.45, 7) is 5.56. The summed E-state index contributed by atoms with van der Waals surface area (Å²) >= 11 is 1.58. The normalized spacial score (nSPS) is 26.4. The second-order valence-corrected chi connectivity index (χ2v) is 6.34. The van der Waals surface area contributed by atoms with E-state index in [4.69, 9.17) is 5.11 Å². The number of carboxylic acid groups (broad SMARTS) is 1. The van der Waals surface area contributed by atoms with E-state index in [1.807, 2.05) is 38.3 Å². The van der Waals surface area contributed by atoms with Gasteiger partial charge in [0.2, 0.25) is 5.91 Å². The van der Waals surface area contributed by atoms with Crippen molar-refractivity contribution in [3.63, 3.8) is 0 Å². The first-order valence-electron chi connectivity index (χ1n) is 5.92. The van der Waals surface area contributed by atoms with Crippen LogP contribution in [0, 0.1) is 17.3 Å². The van der Waals surface area contributed by atoms with Crippen LogP contribution in [0.1, 0.15) is 31.7 Å². The van der Waals surface area contributed by atoms with Crippen molar-refractivity contribution in [3.05, 3.63) is 22.4 Å². The van der Waals surface area contributed by atoms with Crippen molar-refractivity contribution in [1.82, 2.24) is 5.32 Å². The van der Waals surface area contributed by atoms with E-state index in [2.05, 4.69) is 5.32 Å². The Morgan fingerprint density at radius 2 is 2.11 bits per heavy atom. The maximum Gasteiger partial charge on any atom is 0.307 e. The lowest BCUT2D eigenvalue weighted by atomic mass is 10.1. The third-order valence-electron chi connectivity index (χ3n) is 3.70. The van der Waals surface area contributed by atoms with Crippen LogP contribution in [0.2, 0.25) is 0 Å². The number of amides is 1. The van der Waals surface area contributed by atoms with E-state index in [9.17, 15) is 9.59 Å². The van der Waals surface area contributed by atoms with E-state index in [1.54, 1.807) is 11.3 Å². The van der Waals surface area contributed by atoms with Gasteiger partial charge in [0.25, 0.3) is 0 Å². The van der Waals surface area contributed by atoms with Gasteiger partial charge < -0.3 is 10.4 Å². The molecule has 1 aliphatic carbocycles. The maximum atomic E-state index is 12.1. The van der Waals surface area contributed by atoms with E-state index in [-0.39, 0.29) is 11.9 Å². The van der Waals surface area contributed by atoms with Gasteiger partial charge in [-0.2, -0.15) is 0 Å². The van der Waals surface area contributed by atoms with Crippen LogP contribution in [-0.2, 0) is 9.59 Å². The number of nitrogens with one attached hydrogen (secondary N) is 1. The van der Waals surface area contributed by atoms with E-state index in [0.29, 0.717) is 0 Å². The minimum absolute atomic E-state index is 0.0663. The Kier molecular flexibility index (Phi) is 3.19. The molecule has 3 atom stereocenters. The first-order chi connectivity index (χ1) is 8.35. The SMILES string of the molecule is C[C@@H](NC(=O)C1C(C(=O)O)C1(C)C)c1cccs1. The molecule has 1 aliphatic rings. The minimum atomic E-state index is -0.885. The summed E-state index contributed by atoms with van der Waals surface area (Å²) < 4.78 is 0. The van der Waals surface area contributed by atoms with E-state index in [0.717, 1.165) is 4.88 Å². The average Bonchev–Trinajstić information content (AvgIpc) is 2.67. The highest BCUT2D eigenvalue weighted by Crippen LogP contribution is 2.58. The Morgan fingerprint density at radius 1 is 1.44 bits per heavy atom. The lowest BCUT2D eigenvalue weighted by molar-refractivity contribution is -0.140. The second-order valence-electron chi connectivity index (χ2n) is 5.36. The fourth-order valence-corrected chi connectivity index (χ4v) is 3.23. The fraction of sp³-hybridized carbons (Fsp3) is 0.538. The van der Waals surface area contributed by atoms with Crippen LogP contribution in [0.4, 0.5) is 0 Å². The van der Waals surface area contributed by atoms with Gasteiger partial charge in [0.15, 0.2) is 0 Å². The minimum Gasteiger partial charge on any atom is -0.481 e. The molecule has 1 amide bonds. The van der Waals surface area contributed by atoms with Gasteiger partial charge in [-0.3, -0.25) is 9.59 Å². The summed E-state index contributed by atoms with van der Waals surface area (Å²) in [7, 11) is 0. The van der Waals surface area contributed by atoms with Gasteiger partial charge >= 0.3 is 5.97 Å². The van der Waals surface area contributed by atoms with E-state index < -0.39 is 23.2 Å². The molecule has 98 valence electrons. The van der Waals surface area contributed by atoms with Gasteiger partial charge in [0, 0.05) is 4.88 Å². The number of aliphatic carboxylic acids is 1. The van der Waals surface area contributed by atoms with Crippen LogP contribution in [0.3, 0.4) is 0 Å². The van der Waals surface area contributed by atoms with Crippen molar-refractivity contribution in [2.75, 3.05) is 0 Å². The Labute approximate surface area is 110 Å². The molecule has 0 aliphatic heterocycles.